The first kappa shape index (κ1) is 18.2. The number of carbonyl (C=O) groups is 2. The molecule has 0 saturated heterocycles. The van der Waals surface area contributed by atoms with E-state index in [1.165, 1.54) is 0 Å². The summed E-state index contributed by atoms with van der Waals surface area (Å²) in [6.45, 7) is 10.1. The molecule has 0 aromatic heterocycles. The van der Waals surface area contributed by atoms with E-state index in [2.05, 4.69) is 11.4 Å². The Hall–Kier alpha value is -1.84. The first-order valence-electron chi connectivity index (χ1n) is 8.04. The molecule has 122 valence electrons. The molecular formula is C18H28N2O2. The molecule has 0 aliphatic carbocycles. The summed E-state index contributed by atoms with van der Waals surface area (Å²) in [4.78, 5) is 26.4. The maximum atomic E-state index is 12.4. The number of aryl methyl sites for hydroxylation is 1. The van der Waals surface area contributed by atoms with E-state index in [0.717, 1.165) is 11.1 Å². The number of carbonyl (C=O) groups excluding carboxylic acids is 2. The molecule has 1 aromatic rings. The number of hydrogen-bond donors (Lipinski definition) is 1. The minimum Gasteiger partial charge on any atom is -0.352 e. The second kappa shape index (κ2) is 8.57. The van der Waals surface area contributed by atoms with E-state index in [1.807, 2.05) is 52.8 Å². The summed E-state index contributed by atoms with van der Waals surface area (Å²) in [6.07, 6.45) is 1.01. The Morgan fingerprint density at radius 2 is 1.91 bits per heavy atom. The molecular weight excluding hydrogens is 276 g/mol. The summed E-state index contributed by atoms with van der Waals surface area (Å²) in [6, 6.07) is 7.71. The summed E-state index contributed by atoms with van der Waals surface area (Å²) in [5.74, 6) is -0.0702. The van der Waals surface area contributed by atoms with Gasteiger partial charge in [-0.3, -0.25) is 9.59 Å². The Balaban J connectivity index is 2.99. The van der Waals surface area contributed by atoms with Gasteiger partial charge in [0.2, 0.25) is 11.8 Å². The van der Waals surface area contributed by atoms with Gasteiger partial charge >= 0.3 is 0 Å². The third-order valence-electron chi connectivity index (χ3n) is 3.55. The van der Waals surface area contributed by atoms with E-state index in [9.17, 15) is 9.59 Å². The van der Waals surface area contributed by atoms with E-state index >= 15 is 0 Å². The molecule has 4 nitrogen and oxygen atoms in total. The van der Waals surface area contributed by atoms with Gasteiger partial charge < -0.3 is 10.2 Å². The lowest BCUT2D eigenvalue weighted by atomic mass is 10.1. The predicted octanol–water partition coefficient (Wildman–Crippen LogP) is 3.04. The Morgan fingerprint density at radius 1 is 1.23 bits per heavy atom. The molecule has 0 aliphatic rings. The Bertz CT molecular complexity index is 512. The van der Waals surface area contributed by atoms with E-state index in [0.29, 0.717) is 19.4 Å². The smallest absolute Gasteiger partial charge is 0.243 e. The molecule has 1 aromatic carbocycles. The fraction of sp³-hybridized carbons (Fsp3) is 0.556. The van der Waals surface area contributed by atoms with Gasteiger partial charge in [-0.1, -0.05) is 43.7 Å². The standard InChI is InChI=1S/C18H28N2O2/c1-6-16(18(22)19-13(3)4)20(17(21)7-2)12-15-10-8-9-14(5)11-15/h8-11,13,16H,6-7,12H2,1-5H3,(H,19,22)/t16-/m1/s1. The zero-order valence-corrected chi connectivity index (χ0v) is 14.3. The van der Waals surface area contributed by atoms with Crippen LogP contribution in [-0.2, 0) is 16.1 Å². The Labute approximate surface area is 133 Å². The average molecular weight is 304 g/mol. The van der Waals surface area contributed by atoms with Gasteiger partial charge in [0.25, 0.3) is 0 Å². The van der Waals surface area contributed by atoms with Crippen LogP contribution in [0, 0.1) is 6.92 Å². The van der Waals surface area contributed by atoms with Crippen LogP contribution in [-0.4, -0.2) is 28.8 Å². The molecule has 1 rings (SSSR count). The summed E-state index contributed by atoms with van der Waals surface area (Å²) in [5, 5.41) is 2.92. The molecule has 0 aliphatic heterocycles. The van der Waals surface area contributed by atoms with Crippen molar-refractivity contribution in [1.82, 2.24) is 10.2 Å². The molecule has 1 atom stereocenters. The SMILES string of the molecule is CCC(=O)N(Cc1cccc(C)c1)[C@H](CC)C(=O)NC(C)C. The number of nitrogens with zero attached hydrogens (tertiary/aromatic N) is 1. The molecule has 0 fully saturated rings. The molecule has 0 spiro atoms. The number of nitrogens with one attached hydrogen (secondary N) is 1. The highest BCUT2D eigenvalue weighted by atomic mass is 16.2. The van der Waals surface area contributed by atoms with E-state index in [4.69, 9.17) is 0 Å². The summed E-state index contributed by atoms with van der Waals surface area (Å²) in [7, 11) is 0. The largest absolute Gasteiger partial charge is 0.352 e. The molecule has 1 N–H and O–H groups in total. The minimum absolute atomic E-state index is 0.00672. The van der Waals surface area contributed by atoms with Gasteiger partial charge in [-0.15, -0.1) is 0 Å². The van der Waals surface area contributed by atoms with Gasteiger partial charge in [0.1, 0.15) is 6.04 Å². The zero-order valence-electron chi connectivity index (χ0n) is 14.3. The van der Waals surface area contributed by atoms with Gasteiger partial charge in [0, 0.05) is 19.0 Å². The van der Waals surface area contributed by atoms with Crippen LogP contribution in [0.4, 0.5) is 0 Å². The summed E-state index contributed by atoms with van der Waals surface area (Å²) < 4.78 is 0. The van der Waals surface area contributed by atoms with Crippen molar-refractivity contribution in [2.45, 2.75) is 66.1 Å². The lowest BCUT2D eigenvalue weighted by molar-refractivity contribution is -0.141. The van der Waals surface area contributed by atoms with Gasteiger partial charge in [0.15, 0.2) is 0 Å². The number of rotatable bonds is 7. The molecule has 0 radical (unpaired) electrons. The molecule has 0 heterocycles. The fourth-order valence-electron chi connectivity index (χ4n) is 2.51. The van der Waals surface area contributed by atoms with E-state index in [-0.39, 0.29) is 17.9 Å². The van der Waals surface area contributed by atoms with Crippen molar-refractivity contribution in [2.75, 3.05) is 0 Å². The highest BCUT2D eigenvalue weighted by Gasteiger charge is 2.27. The third-order valence-corrected chi connectivity index (χ3v) is 3.55. The first-order valence-corrected chi connectivity index (χ1v) is 8.04. The quantitative estimate of drug-likeness (QED) is 0.841. The molecule has 2 amide bonds. The minimum atomic E-state index is -0.421. The molecule has 4 heteroatoms. The van der Waals surface area contributed by atoms with E-state index in [1.54, 1.807) is 4.90 Å². The van der Waals surface area contributed by atoms with Gasteiger partial charge in [-0.2, -0.15) is 0 Å². The molecule has 0 saturated carbocycles. The van der Waals surface area contributed by atoms with Crippen LogP contribution >= 0.6 is 0 Å². The van der Waals surface area contributed by atoms with Crippen molar-refractivity contribution < 1.29 is 9.59 Å². The maximum absolute atomic E-state index is 12.4. The van der Waals surface area contributed by atoms with E-state index < -0.39 is 6.04 Å². The van der Waals surface area contributed by atoms with Crippen molar-refractivity contribution in [3.8, 4) is 0 Å². The lowest BCUT2D eigenvalue weighted by Gasteiger charge is -2.31. The second-order valence-corrected chi connectivity index (χ2v) is 5.95. The second-order valence-electron chi connectivity index (χ2n) is 5.95. The molecule has 22 heavy (non-hydrogen) atoms. The van der Waals surface area contributed by atoms with Crippen molar-refractivity contribution in [3.05, 3.63) is 35.4 Å². The van der Waals surface area contributed by atoms with Crippen LogP contribution in [0.3, 0.4) is 0 Å². The van der Waals surface area contributed by atoms with Crippen LogP contribution in [0.25, 0.3) is 0 Å². The van der Waals surface area contributed by atoms with Gasteiger partial charge in [-0.05, 0) is 32.8 Å². The van der Waals surface area contributed by atoms with Crippen molar-refractivity contribution in [2.24, 2.45) is 0 Å². The molecule has 0 bridgehead atoms. The third kappa shape index (κ3) is 5.17. The number of amides is 2. The molecule has 0 unspecified atom stereocenters. The van der Waals surface area contributed by atoms with Crippen LogP contribution in [0.15, 0.2) is 24.3 Å². The average Bonchev–Trinajstić information content (AvgIpc) is 2.45. The monoisotopic (exact) mass is 304 g/mol. The lowest BCUT2D eigenvalue weighted by Crippen LogP contribution is -2.50. The van der Waals surface area contributed by atoms with Crippen molar-refractivity contribution >= 4 is 11.8 Å². The number of benzene rings is 1. The van der Waals surface area contributed by atoms with Gasteiger partial charge in [0.05, 0.1) is 0 Å². The van der Waals surface area contributed by atoms with Crippen LogP contribution in [0.2, 0.25) is 0 Å². The number of hydrogen-bond acceptors (Lipinski definition) is 2. The van der Waals surface area contributed by atoms with Gasteiger partial charge in [-0.25, -0.2) is 0 Å². The zero-order chi connectivity index (χ0) is 16.7. The Morgan fingerprint density at radius 3 is 2.41 bits per heavy atom. The van der Waals surface area contributed by atoms with Crippen molar-refractivity contribution in [1.29, 1.82) is 0 Å². The summed E-state index contributed by atoms with van der Waals surface area (Å²) in [5.41, 5.74) is 2.21. The van der Waals surface area contributed by atoms with Crippen LogP contribution in [0.1, 0.15) is 51.7 Å². The van der Waals surface area contributed by atoms with Crippen molar-refractivity contribution in [3.63, 3.8) is 0 Å². The topological polar surface area (TPSA) is 49.4 Å². The Kier molecular flexibility index (Phi) is 7.09. The van der Waals surface area contributed by atoms with Crippen LogP contribution in [0.5, 0.6) is 0 Å². The highest BCUT2D eigenvalue weighted by molar-refractivity contribution is 5.87. The normalized spacial score (nSPS) is 12.1. The highest BCUT2D eigenvalue weighted by Crippen LogP contribution is 2.14. The summed E-state index contributed by atoms with van der Waals surface area (Å²) >= 11 is 0. The fourth-order valence-corrected chi connectivity index (χ4v) is 2.51. The predicted molar refractivity (Wildman–Crippen MR) is 89.4 cm³/mol. The van der Waals surface area contributed by atoms with Crippen LogP contribution < -0.4 is 5.32 Å². The maximum Gasteiger partial charge on any atom is 0.243 e. The first-order chi connectivity index (χ1) is 10.4.